The predicted octanol–water partition coefficient (Wildman–Crippen LogP) is 2.62. The SMILES string of the molecule is COc1ccc(C2(C(=O)N3CCCC(CC4CC4)(C(N)=O)C3)CC2)cc1. The summed E-state index contributed by atoms with van der Waals surface area (Å²) in [7, 11) is 1.64. The number of hydrogen-bond acceptors (Lipinski definition) is 3. The highest BCUT2D eigenvalue weighted by Gasteiger charge is 2.55. The van der Waals surface area contributed by atoms with Crippen LogP contribution in [0.3, 0.4) is 0 Å². The van der Waals surface area contributed by atoms with E-state index in [1.807, 2.05) is 29.2 Å². The molecule has 1 atom stereocenters. The normalized spacial score (nSPS) is 27.0. The topological polar surface area (TPSA) is 72.6 Å². The fourth-order valence-corrected chi connectivity index (χ4v) is 4.61. The molecule has 5 nitrogen and oxygen atoms in total. The van der Waals surface area contributed by atoms with E-state index < -0.39 is 10.8 Å². The van der Waals surface area contributed by atoms with Crippen LogP contribution in [0.1, 0.15) is 50.5 Å². The summed E-state index contributed by atoms with van der Waals surface area (Å²) in [5.41, 5.74) is 5.94. The Bertz CT molecular complexity index is 706. The summed E-state index contributed by atoms with van der Waals surface area (Å²) >= 11 is 0. The van der Waals surface area contributed by atoms with Crippen molar-refractivity contribution in [2.45, 2.75) is 50.4 Å². The minimum atomic E-state index is -0.523. The Labute approximate surface area is 154 Å². The number of rotatable bonds is 6. The van der Waals surface area contributed by atoms with E-state index in [0.29, 0.717) is 12.5 Å². The van der Waals surface area contributed by atoms with Gasteiger partial charge in [-0.15, -0.1) is 0 Å². The Morgan fingerprint density at radius 2 is 1.88 bits per heavy atom. The Kier molecular flexibility index (Phi) is 4.20. The molecule has 4 rings (SSSR count). The molecule has 26 heavy (non-hydrogen) atoms. The van der Waals surface area contributed by atoms with E-state index >= 15 is 0 Å². The molecule has 2 N–H and O–H groups in total. The average Bonchev–Trinajstić information content (AvgIpc) is 3.57. The third kappa shape index (κ3) is 2.97. The number of primary amides is 1. The van der Waals surface area contributed by atoms with E-state index in [2.05, 4.69) is 0 Å². The second-order valence-electron chi connectivity index (χ2n) is 8.43. The highest BCUT2D eigenvalue weighted by atomic mass is 16.5. The van der Waals surface area contributed by atoms with Gasteiger partial charge in [-0.3, -0.25) is 9.59 Å². The fraction of sp³-hybridized carbons (Fsp3) is 0.619. The van der Waals surface area contributed by atoms with Crippen molar-refractivity contribution in [1.29, 1.82) is 0 Å². The van der Waals surface area contributed by atoms with Gasteiger partial charge < -0.3 is 15.4 Å². The zero-order valence-corrected chi connectivity index (χ0v) is 15.5. The van der Waals surface area contributed by atoms with Crippen LogP contribution in [0.4, 0.5) is 0 Å². The van der Waals surface area contributed by atoms with Crippen molar-refractivity contribution in [3.8, 4) is 5.75 Å². The third-order valence-electron chi connectivity index (χ3n) is 6.57. The number of methoxy groups -OCH3 is 1. The van der Waals surface area contributed by atoms with E-state index in [-0.39, 0.29) is 11.8 Å². The Hall–Kier alpha value is -2.04. The zero-order chi connectivity index (χ0) is 18.4. The van der Waals surface area contributed by atoms with Crippen LogP contribution in [0.2, 0.25) is 0 Å². The van der Waals surface area contributed by atoms with Crippen molar-refractivity contribution in [1.82, 2.24) is 4.90 Å². The lowest BCUT2D eigenvalue weighted by Crippen LogP contribution is -2.54. The summed E-state index contributed by atoms with van der Waals surface area (Å²) < 4.78 is 5.23. The van der Waals surface area contributed by atoms with Gasteiger partial charge in [-0.1, -0.05) is 25.0 Å². The third-order valence-corrected chi connectivity index (χ3v) is 6.57. The molecule has 140 valence electrons. The number of benzene rings is 1. The molecule has 0 radical (unpaired) electrons. The second kappa shape index (κ2) is 6.29. The predicted molar refractivity (Wildman–Crippen MR) is 98.7 cm³/mol. The van der Waals surface area contributed by atoms with Crippen molar-refractivity contribution in [2.24, 2.45) is 17.1 Å². The first kappa shape index (κ1) is 17.4. The van der Waals surface area contributed by atoms with Crippen LogP contribution in [0, 0.1) is 11.3 Å². The highest BCUT2D eigenvalue weighted by Crippen LogP contribution is 2.51. The molecule has 0 aromatic heterocycles. The first-order valence-electron chi connectivity index (χ1n) is 9.73. The summed E-state index contributed by atoms with van der Waals surface area (Å²) in [6, 6.07) is 7.83. The van der Waals surface area contributed by atoms with Crippen LogP contribution < -0.4 is 10.5 Å². The van der Waals surface area contributed by atoms with Gasteiger partial charge in [0.2, 0.25) is 11.8 Å². The van der Waals surface area contributed by atoms with E-state index in [0.717, 1.165) is 50.0 Å². The van der Waals surface area contributed by atoms with E-state index in [1.54, 1.807) is 7.11 Å². The van der Waals surface area contributed by atoms with Crippen LogP contribution in [0.15, 0.2) is 24.3 Å². The van der Waals surface area contributed by atoms with Gasteiger partial charge in [0.15, 0.2) is 0 Å². The lowest BCUT2D eigenvalue weighted by atomic mass is 9.74. The van der Waals surface area contributed by atoms with Gasteiger partial charge in [0, 0.05) is 13.1 Å². The molecule has 1 saturated heterocycles. The molecule has 2 aliphatic carbocycles. The maximum absolute atomic E-state index is 13.4. The van der Waals surface area contributed by atoms with Crippen molar-refractivity contribution in [3.63, 3.8) is 0 Å². The second-order valence-corrected chi connectivity index (χ2v) is 8.43. The van der Waals surface area contributed by atoms with Crippen molar-refractivity contribution < 1.29 is 14.3 Å². The molecule has 0 spiro atoms. The van der Waals surface area contributed by atoms with Gasteiger partial charge in [-0.2, -0.15) is 0 Å². The quantitative estimate of drug-likeness (QED) is 0.851. The monoisotopic (exact) mass is 356 g/mol. The lowest BCUT2D eigenvalue weighted by molar-refractivity contribution is -0.142. The van der Waals surface area contributed by atoms with Gasteiger partial charge in [0.25, 0.3) is 0 Å². The summed E-state index contributed by atoms with van der Waals surface area (Å²) in [6.45, 7) is 1.23. The van der Waals surface area contributed by atoms with Crippen LogP contribution in [0.5, 0.6) is 5.75 Å². The molecule has 1 heterocycles. The molecule has 1 aromatic rings. The first-order valence-corrected chi connectivity index (χ1v) is 9.73. The maximum atomic E-state index is 13.4. The lowest BCUT2D eigenvalue weighted by Gasteiger charge is -2.42. The molecule has 1 aromatic carbocycles. The number of piperidine rings is 1. The van der Waals surface area contributed by atoms with Crippen LogP contribution in [-0.2, 0) is 15.0 Å². The summed E-state index contributed by atoms with van der Waals surface area (Å²) in [5.74, 6) is 1.36. The van der Waals surface area contributed by atoms with Crippen molar-refractivity contribution >= 4 is 11.8 Å². The van der Waals surface area contributed by atoms with E-state index in [1.165, 1.54) is 12.8 Å². The van der Waals surface area contributed by atoms with Gasteiger partial charge in [0.05, 0.1) is 17.9 Å². The molecule has 3 aliphatic rings. The van der Waals surface area contributed by atoms with Gasteiger partial charge in [0.1, 0.15) is 5.75 Å². The minimum absolute atomic E-state index is 0.170. The number of carbonyl (C=O) groups is 2. The molecule has 1 unspecified atom stereocenters. The van der Waals surface area contributed by atoms with Crippen LogP contribution in [-0.4, -0.2) is 36.9 Å². The van der Waals surface area contributed by atoms with Gasteiger partial charge in [-0.05, 0) is 55.7 Å². The molecule has 2 saturated carbocycles. The Morgan fingerprint density at radius 3 is 2.42 bits per heavy atom. The highest BCUT2D eigenvalue weighted by molar-refractivity contribution is 5.92. The number of carbonyl (C=O) groups excluding carboxylic acids is 2. The molecule has 3 fully saturated rings. The van der Waals surface area contributed by atoms with Gasteiger partial charge in [-0.25, -0.2) is 0 Å². The summed E-state index contributed by atoms with van der Waals surface area (Å²) in [5, 5.41) is 0. The number of amides is 2. The van der Waals surface area contributed by atoms with Gasteiger partial charge >= 0.3 is 0 Å². The van der Waals surface area contributed by atoms with Crippen molar-refractivity contribution in [2.75, 3.05) is 20.2 Å². The van der Waals surface area contributed by atoms with Crippen LogP contribution >= 0.6 is 0 Å². The molecular formula is C21H28N2O3. The Balaban J connectivity index is 1.54. The fourth-order valence-electron chi connectivity index (χ4n) is 4.61. The van der Waals surface area contributed by atoms with Crippen LogP contribution in [0.25, 0.3) is 0 Å². The first-order chi connectivity index (χ1) is 12.5. The molecule has 0 bridgehead atoms. The molecule has 5 heteroatoms. The number of likely N-dealkylation sites (tertiary alicyclic amines) is 1. The number of ether oxygens (including phenoxy) is 1. The summed E-state index contributed by atoms with van der Waals surface area (Å²) in [6.07, 6.45) is 6.67. The molecule has 1 aliphatic heterocycles. The average molecular weight is 356 g/mol. The summed E-state index contributed by atoms with van der Waals surface area (Å²) in [4.78, 5) is 27.6. The molecular weight excluding hydrogens is 328 g/mol. The minimum Gasteiger partial charge on any atom is -0.497 e. The number of nitrogens with zero attached hydrogens (tertiary/aromatic N) is 1. The standard InChI is InChI=1S/C21H28N2O3/c1-26-17-7-5-16(6-8-17)21(10-11-21)19(25)23-12-2-9-20(14-23,18(22)24)13-15-3-4-15/h5-8,15H,2-4,9-14H2,1H3,(H2,22,24). The van der Waals surface area contributed by atoms with E-state index in [9.17, 15) is 9.59 Å². The van der Waals surface area contributed by atoms with E-state index in [4.69, 9.17) is 10.5 Å². The Morgan fingerprint density at radius 1 is 1.19 bits per heavy atom. The number of nitrogens with two attached hydrogens (primary N) is 1. The largest absolute Gasteiger partial charge is 0.497 e. The maximum Gasteiger partial charge on any atom is 0.233 e. The smallest absolute Gasteiger partial charge is 0.233 e. The zero-order valence-electron chi connectivity index (χ0n) is 15.5. The number of hydrogen-bond donors (Lipinski definition) is 1. The molecule has 2 amide bonds. The van der Waals surface area contributed by atoms with Crippen molar-refractivity contribution in [3.05, 3.63) is 29.8 Å².